The van der Waals surface area contributed by atoms with Gasteiger partial charge in [0, 0.05) is 0 Å². The molecule has 1 aliphatic heterocycles. The van der Waals surface area contributed by atoms with Gasteiger partial charge in [-0.3, -0.25) is 9.59 Å². The van der Waals surface area contributed by atoms with Crippen molar-refractivity contribution < 1.29 is 23.7 Å². The van der Waals surface area contributed by atoms with Gasteiger partial charge in [-0.25, -0.2) is 9.69 Å². The number of nitrogens with zero attached hydrogens (tertiary/aromatic N) is 2. The molecule has 0 radical (unpaired) electrons. The number of imide groups is 1. The maximum absolute atomic E-state index is 12.9. The number of aromatic nitrogens is 1. The molecule has 9 heteroatoms. The van der Waals surface area contributed by atoms with Gasteiger partial charge in [0.25, 0.3) is 17.0 Å². The lowest BCUT2D eigenvalue weighted by molar-refractivity contribution is -0.671. The van der Waals surface area contributed by atoms with Crippen molar-refractivity contribution in [3.8, 4) is 0 Å². The second kappa shape index (κ2) is 8.30. The summed E-state index contributed by atoms with van der Waals surface area (Å²) in [6.07, 6.45) is 0. The predicted octanol–water partition coefficient (Wildman–Crippen LogP) is 4.63. The maximum Gasteiger partial charge on any atom is 0.405 e. The van der Waals surface area contributed by atoms with Crippen molar-refractivity contribution in [2.45, 2.75) is 6.61 Å². The number of esters is 1. The van der Waals surface area contributed by atoms with Crippen molar-refractivity contribution >= 4 is 58.3 Å². The average molecular weight is 477 g/mol. The molecule has 3 aromatic rings. The summed E-state index contributed by atoms with van der Waals surface area (Å²) in [4.78, 5) is 39.5. The minimum absolute atomic E-state index is 0.00139. The van der Waals surface area contributed by atoms with E-state index in [2.05, 4.69) is 0 Å². The molecular formula is C22H14Cl3N2O4+. The molecule has 0 spiro atoms. The fraction of sp³-hybridized carbons (Fsp3) is 0.0909. The third-order valence-electron chi connectivity index (χ3n) is 4.86. The minimum Gasteiger partial charge on any atom is -0.453 e. The Labute approximate surface area is 192 Å². The SMILES string of the molecule is C[n+]1c(Cl)c(Cl)c(N2C(=O)c3ccccc3C2=O)c(Cl)c1C(=O)OCc1ccccc1. The quantitative estimate of drug-likeness (QED) is 0.238. The smallest absolute Gasteiger partial charge is 0.405 e. The van der Waals surface area contributed by atoms with E-state index in [1.165, 1.54) is 23.7 Å². The Bertz CT molecular complexity index is 1210. The molecule has 1 aromatic heterocycles. The summed E-state index contributed by atoms with van der Waals surface area (Å²) in [7, 11) is 1.48. The lowest BCUT2D eigenvalue weighted by Crippen LogP contribution is -2.41. The molecule has 2 aromatic carbocycles. The molecule has 1 aliphatic rings. The van der Waals surface area contributed by atoms with Crippen LogP contribution < -0.4 is 9.47 Å². The van der Waals surface area contributed by atoms with E-state index < -0.39 is 17.8 Å². The van der Waals surface area contributed by atoms with Gasteiger partial charge >= 0.3 is 11.7 Å². The summed E-state index contributed by atoms with van der Waals surface area (Å²) >= 11 is 19.2. The zero-order chi connectivity index (χ0) is 22.3. The van der Waals surface area contributed by atoms with Crippen molar-refractivity contribution in [1.82, 2.24) is 0 Å². The van der Waals surface area contributed by atoms with Gasteiger partial charge in [-0.15, -0.1) is 0 Å². The number of amides is 2. The molecule has 0 N–H and O–H groups in total. The van der Waals surface area contributed by atoms with Crippen LogP contribution in [0.3, 0.4) is 0 Å². The van der Waals surface area contributed by atoms with Crippen LogP contribution >= 0.6 is 34.8 Å². The summed E-state index contributed by atoms with van der Waals surface area (Å²) in [6, 6.07) is 15.4. The van der Waals surface area contributed by atoms with Crippen LogP contribution in [0.1, 0.15) is 36.8 Å². The van der Waals surface area contributed by atoms with Crippen molar-refractivity contribution in [2.75, 3.05) is 4.90 Å². The summed E-state index contributed by atoms with van der Waals surface area (Å²) in [5.74, 6) is -2.01. The number of carbonyl (C=O) groups excluding carboxylic acids is 3. The second-order valence-electron chi connectivity index (χ2n) is 6.73. The maximum atomic E-state index is 12.9. The lowest BCUT2D eigenvalue weighted by Gasteiger charge is -2.18. The molecule has 31 heavy (non-hydrogen) atoms. The Hall–Kier alpha value is -2.93. The molecule has 0 saturated heterocycles. The first kappa shape index (κ1) is 21.3. The molecule has 0 aliphatic carbocycles. The number of carbonyl (C=O) groups is 3. The molecule has 0 bridgehead atoms. The van der Waals surface area contributed by atoms with Crippen LogP contribution in [-0.2, 0) is 18.4 Å². The Morgan fingerprint density at radius 1 is 0.903 bits per heavy atom. The lowest BCUT2D eigenvalue weighted by atomic mass is 10.1. The van der Waals surface area contributed by atoms with Gasteiger partial charge in [0.15, 0.2) is 5.02 Å². The Kier molecular flexibility index (Phi) is 5.71. The summed E-state index contributed by atoms with van der Waals surface area (Å²) in [6.45, 7) is -0.00139. The number of rotatable bonds is 4. The topological polar surface area (TPSA) is 67.6 Å². The fourth-order valence-corrected chi connectivity index (χ4v) is 4.22. The first-order valence-electron chi connectivity index (χ1n) is 9.08. The van der Waals surface area contributed by atoms with E-state index in [0.717, 1.165) is 10.5 Å². The highest BCUT2D eigenvalue weighted by Gasteiger charge is 2.43. The van der Waals surface area contributed by atoms with Crippen LogP contribution in [0.25, 0.3) is 0 Å². The number of halogens is 3. The Morgan fingerprint density at radius 3 is 2.03 bits per heavy atom. The first-order valence-corrected chi connectivity index (χ1v) is 10.2. The molecule has 6 nitrogen and oxygen atoms in total. The van der Waals surface area contributed by atoms with Gasteiger partial charge in [0.05, 0.1) is 11.1 Å². The van der Waals surface area contributed by atoms with E-state index in [1.807, 2.05) is 18.2 Å². The van der Waals surface area contributed by atoms with Gasteiger partial charge in [0.2, 0.25) is 0 Å². The van der Waals surface area contributed by atoms with Crippen molar-refractivity contribution in [1.29, 1.82) is 0 Å². The van der Waals surface area contributed by atoms with E-state index in [-0.39, 0.29) is 44.3 Å². The zero-order valence-electron chi connectivity index (χ0n) is 16.1. The minimum atomic E-state index is -0.784. The molecule has 0 unspecified atom stereocenters. The van der Waals surface area contributed by atoms with Crippen LogP contribution in [0.2, 0.25) is 15.2 Å². The van der Waals surface area contributed by atoms with Gasteiger partial charge < -0.3 is 4.74 Å². The van der Waals surface area contributed by atoms with E-state index in [4.69, 9.17) is 39.5 Å². The van der Waals surface area contributed by atoms with Crippen LogP contribution in [0.4, 0.5) is 5.69 Å². The van der Waals surface area contributed by atoms with E-state index in [0.29, 0.717) is 0 Å². The van der Waals surface area contributed by atoms with Gasteiger partial charge in [-0.05, 0) is 29.3 Å². The molecule has 2 amide bonds. The predicted molar refractivity (Wildman–Crippen MR) is 116 cm³/mol. The molecule has 2 heterocycles. The second-order valence-corrected chi connectivity index (χ2v) is 7.84. The highest BCUT2D eigenvalue weighted by atomic mass is 35.5. The van der Waals surface area contributed by atoms with E-state index in [9.17, 15) is 14.4 Å². The third kappa shape index (κ3) is 3.57. The molecule has 0 fully saturated rings. The zero-order valence-corrected chi connectivity index (χ0v) is 18.3. The first-order chi connectivity index (χ1) is 14.8. The number of benzene rings is 2. The summed E-state index contributed by atoms with van der Waals surface area (Å²) in [5, 5.41) is -0.433. The van der Waals surface area contributed by atoms with Crippen LogP contribution in [0.15, 0.2) is 54.6 Å². The number of anilines is 1. The summed E-state index contributed by atoms with van der Waals surface area (Å²) < 4.78 is 6.62. The van der Waals surface area contributed by atoms with Gasteiger partial charge in [-0.2, -0.15) is 4.57 Å². The fourth-order valence-electron chi connectivity index (χ4n) is 3.31. The highest BCUT2D eigenvalue weighted by Crippen LogP contribution is 2.42. The summed E-state index contributed by atoms with van der Waals surface area (Å²) in [5.41, 5.74) is 0.882. The molecule has 156 valence electrons. The highest BCUT2D eigenvalue weighted by molar-refractivity contribution is 6.48. The Balaban J connectivity index is 1.77. The molecule has 0 saturated carbocycles. The van der Waals surface area contributed by atoms with Crippen molar-refractivity contribution in [2.24, 2.45) is 7.05 Å². The van der Waals surface area contributed by atoms with Gasteiger partial charge in [-0.1, -0.05) is 65.7 Å². The standard InChI is InChI=1S/C22H14Cl3N2O4/c1-26-18(22(30)31-11-12-7-3-2-4-8-12)15(23)17(16(24)19(26)25)27-20(28)13-9-5-6-10-14(13)21(27)29/h2-10H,11H2,1H3/q+1. The van der Waals surface area contributed by atoms with Crippen LogP contribution in [0, 0.1) is 0 Å². The number of fused-ring (bicyclic) bond motifs is 1. The Morgan fingerprint density at radius 2 is 1.45 bits per heavy atom. The third-order valence-corrected chi connectivity index (χ3v) is 6.11. The monoisotopic (exact) mass is 475 g/mol. The van der Waals surface area contributed by atoms with Crippen LogP contribution in [0.5, 0.6) is 0 Å². The van der Waals surface area contributed by atoms with E-state index in [1.54, 1.807) is 24.3 Å². The number of ether oxygens (including phenoxy) is 1. The molecular weight excluding hydrogens is 463 g/mol. The van der Waals surface area contributed by atoms with E-state index >= 15 is 0 Å². The average Bonchev–Trinajstić information content (AvgIpc) is 3.03. The van der Waals surface area contributed by atoms with Crippen molar-refractivity contribution in [3.05, 3.63) is 92.2 Å². The number of hydrogen-bond acceptors (Lipinski definition) is 4. The normalized spacial score (nSPS) is 12.8. The number of hydrogen-bond donors (Lipinski definition) is 0. The van der Waals surface area contributed by atoms with Crippen LogP contribution in [-0.4, -0.2) is 17.8 Å². The molecule has 4 rings (SSSR count). The van der Waals surface area contributed by atoms with Crippen molar-refractivity contribution in [3.63, 3.8) is 0 Å². The van der Waals surface area contributed by atoms with Gasteiger partial charge in [0.1, 0.15) is 24.4 Å². The largest absolute Gasteiger partial charge is 0.453 e. The molecule has 0 atom stereocenters. The number of pyridine rings is 1.